The lowest BCUT2D eigenvalue weighted by Crippen LogP contribution is -2.37. The summed E-state index contributed by atoms with van der Waals surface area (Å²) in [5.74, 6) is -0.150. The van der Waals surface area contributed by atoms with Crippen molar-refractivity contribution < 1.29 is 9.53 Å². The second-order valence-corrected chi connectivity index (χ2v) is 6.13. The van der Waals surface area contributed by atoms with Gasteiger partial charge >= 0.3 is 5.97 Å². The van der Waals surface area contributed by atoms with E-state index in [2.05, 4.69) is 34.3 Å². The number of benzene rings is 1. The van der Waals surface area contributed by atoms with Gasteiger partial charge in [-0.2, -0.15) is 5.26 Å². The summed E-state index contributed by atoms with van der Waals surface area (Å²) < 4.78 is 4.84. The molecule has 6 heteroatoms. The van der Waals surface area contributed by atoms with E-state index >= 15 is 0 Å². The number of rotatable bonds is 2. The van der Waals surface area contributed by atoms with Gasteiger partial charge in [0.2, 0.25) is 0 Å². The first kappa shape index (κ1) is 15.5. The molecule has 0 atom stereocenters. The zero-order valence-electron chi connectivity index (χ0n) is 13.6. The fraction of sp³-hybridized carbons (Fsp3) is 0.529. The van der Waals surface area contributed by atoms with Gasteiger partial charge in [-0.05, 0) is 25.0 Å². The average molecular weight is 314 g/mol. The van der Waals surface area contributed by atoms with Gasteiger partial charge in [0.1, 0.15) is 6.07 Å². The van der Waals surface area contributed by atoms with E-state index in [0.29, 0.717) is 5.56 Å². The normalized spacial score (nSPS) is 18.0. The van der Waals surface area contributed by atoms with Gasteiger partial charge in [0, 0.05) is 33.2 Å². The Morgan fingerprint density at radius 1 is 1.30 bits per heavy atom. The molecule has 0 unspecified atom stereocenters. The van der Waals surface area contributed by atoms with E-state index in [1.807, 2.05) is 6.07 Å². The largest absolute Gasteiger partial charge is 0.469 e. The summed E-state index contributed by atoms with van der Waals surface area (Å²) in [4.78, 5) is 16.1. The third kappa shape index (κ3) is 2.91. The highest BCUT2D eigenvalue weighted by Crippen LogP contribution is 2.36. The summed E-state index contributed by atoms with van der Waals surface area (Å²) >= 11 is 0. The lowest BCUT2D eigenvalue weighted by Gasteiger charge is -2.35. The minimum atomic E-state index is -0.125. The first-order valence-electron chi connectivity index (χ1n) is 8.00. The molecule has 0 radical (unpaired) electrons. The highest BCUT2D eigenvalue weighted by atomic mass is 16.5. The van der Waals surface area contributed by atoms with Crippen LogP contribution in [0.1, 0.15) is 18.4 Å². The van der Waals surface area contributed by atoms with Gasteiger partial charge in [-0.1, -0.05) is 0 Å². The van der Waals surface area contributed by atoms with Crippen LogP contribution in [-0.4, -0.2) is 46.3 Å². The smallest absolute Gasteiger partial charge is 0.308 e. The van der Waals surface area contributed by atoms with Crippen LogP contribution in [0.2, 0.25) is 0 Å². The lowest BCUT2D eigenvalue weighted by atomic mass is 9.95. The first-order chi connectivity index (χ1) is 11.1. The topological polar surface area (TPSA) is 68.6 Å². The highest BCUT2D eigenvalue weighted by Gasteiger charge is 2.27. The summed E-state index contributed by atoms with van der Waals surface area (Å²) in [7, 11) is 3.51. The second-order valence-electron chi connectivity index (χ2n) is 6.13. The van der Waals surface area contributed by atoms with E-state index in [1.54, 1.807) is 0 Å². The Morgan fingerprint density at radius 2 is 2.04 bits per heavy atom. The number of piperidine rings is 1. The van der Waals surface area contributed by atoms with Crippen molar-refractivity contribution in [1.29, 1.82) is 5.26 Å². The number of fused-ring (bicyclic) bond motifs is 1. The fourth-order valence-electron chi connectivity index (χ4n) is 3.39. The van der Waals surface area contributed by atoms with Crippen molar-refractivity contribution in [2.24, 2.45) is 5.92 Å². The number of hydrogen-bond acceptors (Lipinski definition) is 6. The molecule has 2 aliphatic rings. The molecule has 1 N–H and O–H groups in total. The molecule has 0 aromatic heterocycles. The molecule has 0 bridgehead atoms. The number of ether oxygens (including phenoxy) is 1. The third-order valence-corrected chi connectivity index (χ3v) is 4.78. The van der Waals surface area contributed by atoms with Crippen molar-refractivity contribution in [3.63, 3.8) is 0 Å². The maximum Gasteiger partial charge on any atom is 0.308 e. The molecule has 0 amide bonds. The summed E-state index contributed by atoms with van der Waals surface area (Å²) in [6.07, 6.45) is 1.53. The molecule has 2 heterocycles. The number of esters is 1. The van der Waals surface area contributed by atoms with Gasteiger partial charge < -0.3 is 19.9 Å². The number of likely N-dealkylation sites (N-methyl/N-ethyl adjacent to an activating group) is 1. The first-order valence-corrected chi connectivity index (χ1v) is 8.00. The van der Waals surface area contributed by atoms with Crippen LogP contribution >= 0.6 is 0 Å². The maximum absolute atomic E-state index is 11.7. The lowest BCUT2D eigenvalue weighted by molar-refractivity contribution is -0.146. The van der Waals surface area contributed by atoms with Gasteiger partial charge in [0.25, 0.3) is 0 Å². The van der Waals surface area contributed by atoms with Crippen molar-refractivity contribution in [3.05, 3.63) is 17.7 Å². The Hall–Kier alpha value is -2.42. The van der Waals surface area contributed by atoms with E-state index in [-0.39, 0.29) is 11.9 Å². The number of nitrogens with zero attached hydrogens (tertiary/aromatic N) is 3. The van der Waals surface area contributed by atoms with E-state index in [0.717, 1.165) is 56.1 Å². The molecule has 2 aliphatic heterocycles. The summed E-state index contributed by atoms with van der Waals surface area (Å²) in [6.45, 7) is 3.37. The van der Waals surface area contributed by atoms with Crippen molar-refractivity contribution >= 4 is 23.0 Å². The van der Waals surface area contributed by atoms with Gasteiger partial charge in [-0.25, -0.2) is 0 Å². The number of nitrogens with one attached hydrogen (secondary N) is 1. The Balaban J connectivity index is 1.84. The van der Waals surface area contributed by atoms with Gasteiger partial charge in [-0.15, -0.1) is 0 Å². The quantitative estimate of drug-likeness (QED) is 0.840. The molecule has 0 saturated carbocycles. The van der Waals surface area contributed by atoms with Crippen LogP contribution in [0.15, 0.2) is 12.1 Å². The summed E-state index contributed by atoms with van der Waals surface area (Å²) in [6, 6.07) is 6.34. The monoisotopic (exact) mass is 314 g/mol. The van der Waals surface area contributed by atoms with E-state index in [1.165, 1.54) is 7.11 Å². The van der Waals surface area contributed by atoms with Gasteiger partial charge in [0.15, 0.2) is 0 Å². The molecule has 6 nitrogen and oxygen atoms in total. The second kappa shape index (κ2) is 6.37. The predicted octanol–water partition coefficient (Wildman–Crippen LogP) is 1.81. The SMILES string of the molecule is COC(=O)C1CCN(c2cc3c(cc2C#N)NCCN3C)CC1. The van der Waals surface area contributed by atoms with Crippen LogP contribution in [-0.2, 0) is 9.53 Å². The molecule has 1 aromatic rings. The van der Waals surface area contributed by atoms with Crippen LogP contribution in [0.3, 0.4) is 0 Å². The standard InChI is InChI=1S/C17H22N4O2/c1-20-8-5-19-14-9-13(11-18)15(10-16(14)20)21-6-3-12(4-7-21)17(22)23-2/h9-10,12,19H,3-8H2,1-2H3. The average Bonchev–Trinajstić information content (AvgIpc) is 2.60. The molecule has 1 fully saturated rings. The van der Waals surface area contributed by atoms with Gasteiger partial charge in [-0.3, -0.25) is 4.79 Å². The van der Waals surface area contributed by atoms with Crippen molar-refractivity contribution in [3.8, 4) is 6.07 Å². The molecule has 1 saturated heterocycles. The third-order valence-electron chi connectivity index (χ3n) is 4.78. The van der Waals surface area contributed by atoms with Gasteiger partial charge in [0.05, 0.1) is 35.7 Å². The van der Waals surface area contributed by atoms with E-state index in [9.17, 15) is 10.1 Å². The Kier molecular flexibility index (Phi) is 4.28. The summed E-state index contributed by atoms with van der Waals surface area (Å²) in [5, 5.41) is 12.9. The van der Waals surface area contributed by atoms with Crippen molar-refractivity contribution in [2.45, 2.75) is 12.8 Å². The number of nitriles is 1. The zero-order chi connectivity index (χ0) is 16.4. The van der Waals surface area contributed by atoms with Crippen LogP contribution in [0.5, 0.6) is 0 Å². The van der Waals surface area contributed by atoms with E-state index in [4.69, 9.17) is 4.74 Å². The Bertz CT molecular complexity index is 645. The molecule has 23 heavy (non-hydrogen) atoms. The Morgan fingerprint density at radius 3 is 2.70 bits per heavy atom. The van der Waals surface area contributed by atoms with Crippen LogP contribution in [0, 0.1) is 17.2 Å². The molecule has 0 aliphatic carbocycles. The molecule has 122 valence electrons. The predicted molar refractivity (Wildman–Crippen MR) is 89.9 cm³/mol. The highest BCUT2D eigenvalue weighted by molar-refractivity contribution is 5.81. The minimum Gasteiger partial charge on any atom is -0.469 e. The number of anilines is 3. The van der Waals surface area contributed by atoms with Crippen molar-refractivity contribution in [2.75, 3.05) is 55.5 Å². The minimum absolute atomic E-state index is 0.0243. The number of methoxy groups -OCH3 is 1. The number of carbonyl (C=O) groups is 1. The fourth-order valence-corrected chi connectivity index (χ4v) is 3.39. The zero-order valence-corrected chi connectivity index (χ0v) is 13.6. The molecule has 1 aromatic carbocycles. The number of carbonyl (C=O) groups excluding carboxylic acids is 1. The van der Waals surface area contributed by atoms with Crippen LogP contribution in [0.25, 0.3) is 0 Å². The number of hydrogen-bond donors (Lipinski definition) is 1. The molecular formula is C17H22N4O2. The summed E-state index contributed by atoms with van der Waals surface area (Å²) in [5.41, 5.74) is 3.79. The molecule has 0 spiro atoms. The molecular weight excluding hydrogens is 292 g/mol. The molecule has 3 rings (SSSR count). The van der Waals surface area contributed by atoms with Crippen LogP contribution in [0.4, 0.5) is 17.1 Å². The maximum atomic E-state index is 11.7. The van der Waals surface area contributed by atoms with Crippen molar-refractivity contribution in [1.82, 2.24) is 0 Å². The van der Waals surface area contributed by atoms with E-state index < -0.39 is 0 Å². The Labute approximate surface area is 136 Å². The van der Waals surface area contributed by atoms with Crippen LogP contribution < -0.4 is 15.1 Å².